The highest BCUT2D eigenvalue weighted by Gasteiger charge is 2.28. The molecule has 2 aromatic heterocycles. The van der Waals surface area contributed by atoms with E-state index in [2.05, 4.69) is 10.3 Å². The molecule has 0 aromatic carbocycles. The van der Waals surface area contributed by atoms with Crippen LogP contribution < -0.4 is 10.7 Å². The van der Waals surface area contributed by atoms with Gasteiger partial charge in [0, 0.05) is 18.4 Å². The lowest BCUT2D eigenvalue weighted by atomic mass is 9.99. The minimum Gasteiger partial charge on any atom is -0.467 e. The maximum atomic E-state index is 12.8. The average molecular weight is 359 g/mol. The van der Waals surface area contributed by atoms with Crippen LogP contribution in [0.1, 0.15) is 43.2 Å². The molecule has 7 nitrogen and oxygen atoms in total. The number of nitrogens with one attached hydrogen (secondary N) is 1. The number of pyridine rings is 2. The molecule has 2 rings (SSSR count). The van der Waals surface area contributed by atoms with Crippen molar-refractivity contribution in [2.75, 3.05) is 7.11 Å². The van der Waals surface area contributed by atoms with Crippen molar-refractivity contribution >= 4 is 22.9 Å². The predicted octanol–water partition coefficient (Wildman–Crippen LogP) is 2.04. The number of nitrogens with zero attached hydrogens (tertiary/aromatic N) is 2. The van der Waals surface area contributed by atoms with Gasteiger partial charge in [-0.3, -0.25) is 9.59 Å². The molecule has 0 aliphatic heterocycles. The Hall–Kier alpha value is -2.70. The van der Waals surface area contributed by atoms with Gasteiger partial charge in [0.15, 0.2) is 0 Å². The fraction of sp³-hybridized carbons (Fsp3) is 0.474. The van der Waals surface area contributed by atoms with Crippen LogP contribution in [0.2, 0.25) is 0 Å². The summed E-state index contributed by atoms with van der Waals surface area (Å²) in [4.78, 5) is 41.9. The van der Waals surface area contributed by atoms with E-state index in [1.54, 1.807) is 16.7 Å². The lowest BCUT2D eigenvalue weighted by Crippen LogP contribution is -2.46. The second-order valence-corrected chi connectivity index (χ2v) is 6.34. The summed E-state index contributed by atoms with van der Waals surface area (Å²) >= 11 is 0. The number of hydrogen-bond donors (Lipinski definition) is 1. The van der Waals surface area contributed by atoms with Gasteiger partial charge in [0.25, 0.3) is 5.91 Å². The number of carbonyl (C=O) groups is 2. The Balaban J connectivity index is 2.50. The van der Waals surface area contributed by atoms with Crippen molar-refractivity contribution in [1.29, 1.82) is 0 Å². The van der Waals surface area contributed by atoms with Crippen LogP contribution in [-0.2, 0) is 16.1 Å². The first kappa shape index (κ1) is 19.6. The molecule has 0 saturated heterocycles. The Morgan fingerprint density at radius 2 is 2.00 bits per heavy atom. The van der Waals surface area contributed by atoms with Crippen LogP contribution in [0.3, 0.4) is 0 Å². The zero-order valence-corrected chi connectivity index (χ0v) is 15.8. The van der Waals surface area contributed by atoms with Gasteiger partial charge in [0.2, 0.25) is 5.43 Å². The van der Waals surface area contributed by atoms with Crippen LogP contribution >= 0.6 is 0 Å². The van der Waals surface area contributed by atoms with Gasteiger partial charge in [-0.2, -0.15) is 0 Å². The second kappa shape index (κ2) is 8.12. The molecule has 26 heavy (non-hydrogen) atoms. The van der Waals surface area contributed by atoms with E-state index in [1.165, 1.54) is 13.3 Å². The summed E-state index contributed by atoms with van der Waals surface area (Å²) in [5.74, 6) is -1.23. The lowest BCUT2D eigenvalue weighted by molar-refractivity contribution is -0.144. The maximum absolute atomic E-state index is 12.8. The molecular formula is C19H25N3O4. The minimum atomic E-state index is -0.807. The largest absolute Gasteiger partial charge is 0.467 e. The molecule has 0 aliphatic carbocycles. The van der Waals surface area contributed by atoms with Crippen LogP contribution in [0.4, 0.5) is 0 Å². The molecule has 0 aliphatic rings. The zero-order chi connectivity index (χ0) is 19.4. The molecule has 2 heterocycles. The highest BCUT2D eigenvalue weighted by molar-refractivity contribution is 5.98. The molecule has 140 valence electrons. The van der Waals surface area contributed by atoms with Gasteiger partial charge in [-0.25, -0.2) is 9.78 Å². The highest BCUT2D eigenvalue weighted by atomic mass is 16.5. The molecule has 2 aromatic rings. The lowest BCUT2D eigenvalue weighted by Gasteiger charge is -2.22. The van der Waals surface area contributed by atoms with Gasteiger partial charge in [-0.1, -0.05) is 20.3 Å². The van der Waals surface area contributed by atoms with Crippen molar-refractivity contribution in [3.63, 3.8) is 0 Å². The molecule has 0 spiro atoms. The molecule has 0 saturated carbocycles. The first-order valence-corrected chi connectivity index (χ1v) is 8.73. The van der Waals surface area contributed by atoms with E-state index in [0.717, 1.165) is 5.69 Å². The Morgan fingerprint density at radius 3 is 2.58 bits per heavy atom. The number of amides is 1. The number of esters is 1. The normalized spacial score (nSPS) is 13.3. The number of aryl methyl sites for hydroxylation is 2. The Labute approximate surface area is 152 Å². The molecule has 7 heteroatoms. The van der Waals surface area contributed by atoms with E-state index in [1.807, 2.05) is 27.7 Å². The van der Waals surface area contributed by atoms with Crippen molar-refractivity contribution in [1.82, 2.24) is 14.9 Å². The zero-order valence-electron chi connectivity index (χ0n) is 15.8. The quantitative estimate of drug-likeness (QED) is 0.797. The summed E-state index contributed by atoms with van der Waals surface area (Å²) in [6, 6.07) is 2.61. The highest BCUT2D eigenvalue weighted by Crippen LogP contribution is 2.13. The number of carbonyl (C=O) groups excluding carboxylic acids is 2. The monoisotopic (exact) mass is 359 g/mol. The second-order valence-electron chi connectivity index (χ2n) is 6.34. The third-order valence-corrected chi connectivity index (χ3v) is 4.60. The van der Waals surface area contributed by atoms with Crippen LogP contribution in [-0.4, -0.2) is 34.6 Å². The summed E-state index contributed by atoms with van der Waals surface area (Å²) in [6.45, 7) is 8.07. The maximum Gasteiger partial charge on any atom is 0.328 e. The van der Waals surface area contributed by atoms with Gasteiger partial charge >= 0.3 is 5.97 Å². The summed E-state index contributed by atoms with van der Waals surface area (Å²) in [5.41, 5.74) is 0.920. The average Bonchev–Trinajstić information content (AvgIpc) is 2.64. The van der Waals surface area contributed by atoms with Gasteiger partial charge in [0.1, 0.15) is 17.3 Å². The number of hydrogen-bond acceptors (Lipinski definition) is 5. The topological polar surface area (TPSA) is 90.3 Å². The van der Waals surface area contributed by atoms with Crippen LogP contribution in [0.15, 0.2) is 23.1 Å². The SMILES string of the molecule is CCC(C)C(NC(=O)c1cn(CC)c2nc(C)ccc2c1=O)C(=O)OC. The Morgan fingerprint density at radius 1 is 1.31 bits per heavy atom. The van der Waals surface area contributed by atoms with E-state index in [4.69, 9.17) is 4.74 Å². The van der Waals surface area contributed by atoms with Crippen molar-refractivity contribution in [3.8, 4) is 0 Å². The van der Waals surface area contributed by atoms with Gasteiger partial charge in [-0.05, 0) is 31.9 Å². The van der Waals surface area contributed by atoms with Gasteiger partial charge < -0.3 is 14.6 Å². The van der Waals surface area contributed by atoms with Gasteiger partial charge in [-0.15, -0.1) is 0 Å². The number of rotatable bonds is 6. The number of methoxy groups -OCH3 is 1. The molecule has 1 amide bonds. The standard InChI is InChI=1S/C19H25N3O4/c1-6-11(3)15(19(25)26-5)21-18(24)14-10-22(7-2)17-13(16(14)23)9-8-12(4)20-17/h8-11,15H,6-7H2,1-5H3,(H,21,24). The number of aromatic nitrogens is 2. The number of ether oxygens (including phenoxy) is 1. The van der Waals surface area contributed by atoms with Crippen LogP contribution in [0, 0.1) is 12.8 Å². The van der Waals surface area contributed by atoms with E-state index >= 15 is 0 Å². The third-order valence-electron chi connectivity index (χ3n) is 4.60. The summed E-state index contributed by atoms with van der Waals surface area (Å²) in [5, 5.41) is 3.03. The third kappa shape index (κ3) is 3.76. The van der Waals surface area contributed by atoms with E-state index in [0.29, 0.717) is 24.0 Å². The summed E-state index contributed by atoms with van der Waals surface area (Å²) in [6.07, 6.45) is 2.18. The predicted molar refractivity (Wildman–Crippen MR) is 99.1 cm³/mol. The fourth-order valence-electron chi connectivity index (χ4n) is 2.78. The van der Waals surface area contributed by atoms with Crippen molar-refractivity contribution in [3.05, 3.63) is 39.8 Å². The molecule has 0 fully saturated rings. The van der Waals surface area contributed by atoms with E-state index < -0.39 is 23.3 Å². The molecule has 2 unspecified atom stereocenters. The van der Waals surface area contributed by atoms with Crippen molar-refractivity contribution in [2.24, 2.45) is 5.92 Å². The molecule has 0 radical (unpaired) electrons. The Bertz CT molecular complexity index is 888. The summed E-state index contributed by atoms with van der Waals surface area (Å²) < 4.78 is 6.54. The summed E-state index contributed by atoms with van der Waals surface area (Å²) in [7, 11) is 1.28. The van der Waals surface area contributed by atoms with Gasteiger partial charge in [0.05, 0.1) is 12.5 Å². The smallest absolute Gasteiger partial charge is 0.328 e. The fourth-order valence-corrected chi connectivity index (χ4v) is 2.78. The first-order chi connectivity index (χ1) is 12.3. The molecule has 1 N–H and O–H groups in total. The molecule has 0 bridgehead atoms. The van der Waals surface area contributed by atoms with E-state index in [-0.39, 0.29) is 11.5 Å². The minimum absolute atomic E-state index is 0.0118. The van der Waals surface area contributed by atoms with Crippen LogP contribution in [0.25, 0.3) is 11.0 Å². The van der Waals surface area contributed by atoms with Crippen molar-refractivity contribution in [2.45, 2.75) is 46.7 Å². The first-order valence-electron chi connectivity index (χ1n) is 8.73. The molecular weight excluding hydrogens is 334 g/mol. The number of fused-ring (bicyclic) bond motifs is 1. The Kier molecular flexibility index (Phi) is 6.13. The van der Waals surface area contributed by atoms with Crippen molar-refractivity contribution < 1.29 is 14.3 Å². The van der Waals surface area contributed by atoms with E-state index in [9.17, 15) is 14.4 Å². The molecule has 2 atom stereocenters. The van der Waals surface area contributed by atoms with Crippen LogP contribution in [0.5, 0.6) is 0 Å².